The number of aromatic nitrogens is 2. The van der Waals surface area contributed by atoms with Gasteiger partial charge >= 0.3 is 0 Å². The number of rotatable bonds is 5. The van der Waals surface area contributed by atoms with Crippen molar-refractivity contribution in [2.45, 2.75) is 18.9 Å². The first-order chi connectivity index (χ1) is 12.7. The minimum absolute atomic E-state index is 0.113. The quantitative estimate of drug-likeness (QED) is 0.805. The van der Waals surface area contributed by atoms with E-state index in [1.807, 2.05) is 12.1 Å². The maximum atomic E-state index is 12.5. The average Bonchev–Trinajstić information content (AvgIpc) is 2.69. The normalized spacial score (nSPS) is 14.5. The Morgan fingerprint density at radius 2 is 2.00 bits per heavy atom. The van der Waals surface area contributed by atoms with Gasteiger partial charge in [-0.3, -0.25) is 9.59 Å². The van der Waals surface area contributed by atoms with Gasteiger partial charge in [-0.15, -0.1) is 5.10 Å². The maximum Gasteiger partial charge on any atom is 0.251 e. The molecule has 2 amide bonds. The highest BCUT2D eigenvalue weighted by Gasteiger charge is 2.22. The van der Waals surface area contributed by atoms with Crippen LogP contribution in [0, 0.1) is 0 Å². The molecule has 1 fully saturated rings. The van der Waals surface area contributed by atoms with Gasteiger partial charge in [0.25, 0.3) is 5.91 Å². The van der Waals surface area contributed by atoms with Crippen LogP contribution in [-0.4, -0.2) is 41.1 Å². The molecule has 7 heteroatoms. The molecule has 134 valence electrons. The molecule has 0 unspecified atom stereocenters. The van der Waals surface area contributed by atoms with E-state index in [2.05, 4.69) is 32.3 Å². The van der Waals surface area contributed by atoms with E-state index < -0.39 is 0 Å². The zero-order chi connectivity index (χ0) is 18.4. The average molecular weight is 351 g/mol. The molecule has 1 aromatic carbocycles. The van der Waals surface area contributed by atoms with Gasteiger partial charge in [-0.2, -0.15) is 5.10 Å². The fourth-order valence-corrected chi connectivity index (χ4v) is 2.92. The summed E-state index contributed by atoms with van der Waals surface area (Å²) in [5.41, 5.74) is 1.09. The van der Waals surface area contributed by atoms with Gasteiger partial charge < -0.3 is 15.5 Å². The van der Waals surface area contributed by atoms with Gasteiger partial charge in [0.05, 0.1) is 0 Å². The predicted molar refractivity (Wildman–Crippen MR) is 100 cm³/mol. The maximum absolute atomic E-state index is 12.5. The SMILES string of the molecule is C=CC(=O)Nc1cccc(C(=O)NC2CCN(c3cccnn3)CC2)c1. The summed E-state index contributed by atoms with van der Waals surface area (Å²) >= 11 is 0. The highest BCUT2D eigenvalue weighted by atomic mass is 16.2. The van der Waals surface area contributed by atoms with Gasteiger partial charge in [0, 0.05) is 36.6 Å². The lowest BCUT2D eigenvalue weighted by atomic mass is 10.0. The highest BCUT2D eigenvalue weighted by Crippen LogP contribution is 2.17. The molecule has 2 aromatic rings. The third-order valence-corrected chi connectivity index (χ3v) is 4.29. The molecule has 0 spiro atoms. The van der Waals surface area contributed by atoms with E-state index in [4.69, 9.17) is 0 Å². The number of nitrogens with zero attached hydrogens (tertiary/aromatic N) is 3. The molecule has 0 atom stereocenters. The summed E-state index contributed by atoms with van der Waals surface area (Å²) in [7, 11) is 0. The van der Waals surface area contributed by atoms with Gasteiger partial charge in [0.2, 0.25) is 5.91 Å². The smallest absolute Gasteiger partial charge is 0.251 e. The first-order valence-electron chi connectivity index (χ1n) is 8.52. The van der Waals surface area contributed by atoms with Crippen LogP contribution >= 0.6 is 0 Å². The topological polar surface area (TPSA) is 87.2 Å². The molecule has 0 aliphatic carbocycles. The summed E-state index contributed by atoms with van der Waals surface area (Å²) in [6, 6.07) is 10.8. The van der Waals surface area contributed by atoms with Crippen molar-refractivity contribution in [2.24, 2.45) is 0 Å². The number of nitrogens with one attached hydrogen (secondary N) is 2. The Hall–Kier alpha value is -3.22. The van der Waals surface area contributed by atoms with Crippen LogP contribution < -0.4 is 15.5 Å². The molecular weight excluding hydrogens is 330 g/mol. The third-order valence-electron chi connectivity index (χ3n) is 4.29. The van der Waals surface area contributed by atoms with Crippen molar-refractivity contribution in [2.75, 3.05) is 23.3 Å². The summed E-state index contributed by atoms with van der Waals surface area (Å²) in [4.78, 5) is 26.0. The molecule has 0 bridgehead atoms. The van der Waals surface area contributed by atoms with Crippen LogP contribution in [-0.2, 0) is 4.79 Å². The first kappa shape index (κ1) is 17.6. The Kier molecular flexibility index (Phi) is 5.58. The number of carbonyl (C=O) groups is 2. The Morgan fingerprint density at radius 3 is 2.69 bits per heavy atom. The lowest BCUT2D eigenvalue weighted by Gasteiger charge is -2.32. The van der Waals surface area contributed by atoms with Crippen molar-refractivity contribution in [3.8, 4) is 0 Å². The number of benzene rings is 1. The second-order valence-electron chi connectivity index (χ2n) is 6.09. The molecule has 7 nitrogen and oxygen atoms in total. The fraction of sp³-hybridized carbons (Fsp3) is 0.263. The summed E-state index contributed by atoms with van der Waals surface area (Å²) in [5.74, 6) is 0.416. The first-order valence-corrected chi connectivity index (χ1v) is 8.52. The van der Waals surface area contributed by atoms with E-state index in [1.165, 1.54) is 6.08 Å². The second-order valence-corrected chi connectivity index (χ2v) is 6.09. The van der Waals surface area contributed by atoms with Crippen molar-refractivity contribution in [3.63, 3.8) is 0 Å². The molecular formula is C19H21N5O2. The Morgan fingerprint density at radius 1 is 1.19 bits per heavy atom. The molecule has 2 heterocycles. The Bertz CT molecular complexity index is 786. The summed E-state index contributed by atoms with van der Waals surface area (Å²) in [6.45, 7) is 5.05. The molecule has 1 aromatic heterocycles. The zero-order valence-electron chi connectivity index (χ0n) is 14.4. The molecule has 1 aliphatic heterocycles. The predicted octanol–water partition coefficient (Wildman–Crippen LogP) is 2.00. The highest BCUT2D eigenvalue weighted by molar-refractivity contribution is 6.00. The van der Waals surface area contributed by atoms with Crippen LogP contribution in [0.3, 0.4) is 0 Å². The lowest BCUT2D eigenvalue weighted by molar-refractivity contribution is -0.111. The van der Waals surface area contributed by atoms with Crippen LogP contribution in [0.15, 0.2) is 55.3 Å². The summed E-state index contributed by atoms with van der Waals surface area (Å²) < 4.78 is 0. The van der Waals surface area contributed by atoms with Crippen LogP contribution in [0.1, 0.15) is 23.2 Å². The van der Waals surface area contributed by atoms with Gasteiger partial charge in [-0.05, 0) is 49.2 Å². The third kappa shape index (κ3) is 4.44. The fourth-order valence-electron chi connectivity index (χ4n) is 2.92. The number of hydrogen-bond acceptors (Lipinski definition) is 5. The minimum Gasteiger partial charge on any atom is -0.355 e. The van der Waals surface area contributed by atoms with E-state index in [0.29, 0.717) is 11.3 Å². The van der Waals surface area contributed by atoms with Gasteiger partial charge in [0.1, 0.15) is 0 Å². The number of piperidine rings is 1. The number of anilines is 2. The van der Waals surface area contributed by atoms with E-state index in [9.17, 15) is 9.59 Å². The van der Waals surface area contributed by atoms with Crippen LogP contribution in [0.2, 0.25) is 0 Å². The molecule has 1 aliphatic rings. The summed E-state index contributed by atoms with van der Waals surface area (Å²) in [5, 5.41) is 13.8. The van der Waals surface area contributed by atoms with Crippen molar-refractivity contribution in [1.29, 1.82) is 0 Å². The molecule has 3 rings (SSSR count). The van der Waals surface area contributed by atoms with Crippen molar-refractivity contribution in [3.05, 3.63) is 60.8 Å². The Labute approximate surface area is 152 Å². The lowest BCUT2D eigenvalue weighted by Crippen LogP contribution is -2.45. The zero-order valence-corrected chi connectivity index (χ0v) is 14.4. The van der Waals surface area contributed by atoms with Gasteiger partial charge in [-0.1, -0.05) is 12.6 Å². The molecule has 1 saturated heterocycles. The molecule has 0 radical (unpaired) electrons. The monoisotopic (exact) mass is 351 g/mol. The molecule has 26 heavy (non-hydrogen) atoms. The largest absolute Gasteiger partial charge is 0.355 e. The van der Waals surface area contributed by atoms with E-state index in [1.54, 1.807) is 30.5 Å². The number of carbonyl (C=O) groups excluding carboxylic acids is 2. The van der Waals surface area contributed by atoms with Crippen LogP contribution in [0.25, 0.3) is 0 Å². The number of hydrogen-bond donors (Lipinski definition) is 2. The van der Waals surface area contributed by atoms with E-state index >= 15 is 0 Å². The second kappa shape index (κ2) is 8.24. The van der Waals surface area contributed by atoms with E-state index in [-0.39, 0.29) is 17.9 Å². The van der Waals surface area contributed by atoms with Crippen molar-refractivity contribution >= 4 is 23.3 Å². The molecule has 2 N–H and O–H groups in total. The number of amides is 2. The van der Waals surface area contributed by atoms with Gasteiger partial charge in [-0.25, -0.2) is 0 Å². The Balaban J connectivity index is 1.55. The standard InChI is InChI=1S/C19H21N5O2/c1-2-18(25)21-16-6-3-5-14(13-16)19(26)22-15-8-11-24(12-9-15)17-7-4-10-20-23-17/h2-7,10,13,15H,1,8-9,11-12H2,(H,21,25)(H,22,26). The van der Waals surface area contributed by atoms with E-state index in [0.717, 1.165) is 31.7 Å². The van der Waals surface area contributed by atoms with Crippen molar-refractivity contribution in [1.82, 2.24) is 15.5 Å². The van der Waals surface area contributed by atoms with Gasteiger partial charge in [0.15, 0.2) is 5.82 Å². The minimum atomic E-state index is -0.307. The van der Waals surface area contributed by atoms with Crippen LogP contribution in [0.4, 0.5) is 11.5 Å². The van der Waals surface area contributed by atoms with Crippen molar-refractivity contribution < 1.29 is 9.59 Å². The van der Waals surface area contributed by atoms with Crippen LogP contribution in [0.5, 0.6) is 0 Å². The summed E-state index contributed by atoms with van der Waals surface area (Å²) in [6.07, 6.45) is 4.53. The molecule has 0 saturated carbocycles.